The number of carbonyl (C=O) groups is 2. The van der Waals surface area contributed by atoms with Crippen LogP contribution in [0.5, 0.6) is 0 Å². The van der Waals surface area contributed by atoms with Crippen molar-refractivity contribution in [3.63, 3.8) is 0 Å². The molecular weight excluding hydrogens is 422 g/mol. The van der Waals surface area contributed by atoms with Gasteiger partial charge in [0.2, 0.25) is 0 Å². The molecule has 1 aromatic heterocycles. The van der Waals surface area contributed by atoms with Crippen LogP contribution in [0.3, 0.4) is 0 Å². The zero-order chi connectivity index (χ0) is 22.4. The van der Waals surface area contributed by atoms with Crippen molar-refractivity contribution in [1.82, 2.24) is 15.2 Å². The number of rotatable bonds is 5. The first kappa shape index (κ1) is 20.5. The van der Waals surface area contributed by atoms with E-state index in [2.05, 4.69) is 33.4 Å². The molecule has 1 aliphatic rings. The standard InChI is InChI=1S/C26H22ClN3O2/c1-28-12-6-5-7-15-10-11-17-20(13-15)30(2)21-14-18(16-8-3-4-9-19(16)27)23-24(22(17)21)26(32)29-25(23)31/h3-5,7-11,13-14,28H,6,12H2,1-2H3,(H,29,31,32)/b7-5+. The smallest absolute Gasteiger partial charge is 0.259 e. The molecule has 4 aromatic rings. The van der Waals surface area contributed by atoms with E-state index in [9.17, 15) is 9.59 Å². The number of aryl methyl sites for hydroxylation is 1. The molecule has 2 N–H and O–H groups in total. The summed E-state index contributed by atoms with van der Waals surface area (Å²) in [5, 5.41) is 7.89. The van der Waals surface area contributed by atoms with E-state index in [0.717, 1.165) is 45.9 Å². The lowest BCUT2D eigenvalue weighted by atomic mass is 9.93. The number of nitrogens with zero attached hydrogens (tertiary/aromatic N) is 1. The van der Waals surface area contributed by atoms with Gasteiger partial charge in [0, 0.05) is 33.9 Å². The van der Waals surface area contributed by atoms with Crippen molar-refractivity contribution >= 4 is 51.3 Å². The van der Waals surface area contributed by atoms with Crippen LogP contribution in [0.15, 0.2) is 54.6 Å². The van der Waals surface area contributed by atoms with E-state index in [1.54, 1.807) is 6.07 Å². The van der Waals surface area contributed by atoms with Gasteiger partial charge in [-0.05, 0) is 49.3 Å². The molecule has 5 nitrogen and oxygen atoms in total. The molecule has 0 saturated heterocycles. The quantitative estimate of drug-likeness (QED) is 0.331. The molecule has 32 heavy (non-hydrogen) atoms. The fourth-order valence-electron chi connectivity index (χ4n) is 4.51. The van der Waals surface area contributed by atoms with Crippen LogP contribution in [-0.2, 0) is 7.05 Å². The van der Waals surface area contributed by atoms with Gasteiger partial charge in [-0.2, -0.15) is 0 Å². The second-order valence-corrected chi connectivity index (χ2v) is 8.37. The molecule has 3 aromatic carbocycles. The first-order valence-corrected chi connectivity index (χ1v) is 10.9. The van der Waals surface area contributed by atoms with E-state index >= 15 is 0 Å². The fraction of sp³-hybridized carbons (Fsp3) is 0.154. The Morgan fingerprint density at radius 2 is 1.78 bits per heavy atom. The Balaban J connectivity index is 1.80. The molecule has 1 aliphatic heterocycles. The summed E-state index contributed by atoms with van der Waals surface area (Å²) in [6, 6.07) is 15.5. The van der Waals surface area contributed by atoms with Crippen LogP contribution in [0.1, 0.15) is 32.7 Å². The highest BCUT2D eigenvalue weighted by Crippen LogP contribution is 2.41. The summed E-state index contributed by atoms with van der Waals surface area (Å²) < 4.78 is 2.08. The van der Waals surface area contributed by atoms with Crippen molar-refractivity contribution in [2.45, 2.75) is 6.42 Å². The third-order valence-corrected chi connectivity index (χ3v) is 6.37. The Morgan fingerprint density at radius 3 is 2.56 bits per heavy atom. The predicted octanol–water partition coefficient (Wildman–Crippen LogP) is 5.16. The minimum absolute atomic E-state index is 0.368. The first-order chi connectivity index (χ1) is 15.5. The van der Waals surface area contributed by atoms with Crippen molar-refractivity contribution in [3.8, 4) is 11.1 Å². The topological polar surface area (TPSA) is 63.1 Å². The third-order valence-electron chi connectivity index (χ3n) is 6.04. The lowest BCUT2D eigenvalue weighted by Crippen LogP contribution is -2.20. The lowest BCUT2D eigenvalue weighted by molar-refractivity contribution is 0.0880. The molecule has 0 saturated carbocycles. The summed E-state index contributed by atoms with van der Waals surface area (Å²) in [7, 11) is 3.92. The van der Waals surface area contributed by atoms with Crippen LogP contribution in [0.4, 0.5) is 0 Å². The Kier molecular flexibility index (Phi) is 5.08. The van der Waals surface area contributed by atoms with E-state index in [0.29, 0.717) is 21.7 Å². The van der Waals surface area contributed by atoms with Gasteiger partial charge in [-0.25, -0.2) is 0 Å². The molecular formula is C26H22ClN3O2. The Morgan fingerprint density at radius 1 is 1.00 bits per heavy atom. The minimum atomic E-state index is -0.386. The van der Waals surface area contributed by atoms with E-state index in [4.69, 9.17) is 11.6 Å². The summed E-state index contributed by atoms with van der Waals surface area (Å²) in [6.45, 7) is 0.923. The van der Waals surface area contributed by atoms with Crippen LogP contribution in [0.2, 0.25) is 5.02 Å². The number of hydrogen-bond donors (Lipinski definition) is 2. The van der Waals surface area contributed by atoms with Crippen LogP contribution in [-0.4, -0.2) is 30.0 Å². The van der Waals surface area contributed by atoms with Crippen LogP contribution in [0, 0.1) is 0 Å². The SMILES string of the molecule is CNCC/C=C/c1ccc2c3c4c(c(-c5ccccc5Cl)cc3n(C)c2c1)C(=O)NC4=O. The molecule has 0 atom stereocenters. The molecule has 2 heterocycles. The maximum atomic E-state index is 12.9. The van der Waals surface area contributed by atoms with Crippen molar-refractivity contribution < 1.29 is 9.59 Å². The van der Waals surface area contributed by atoms with Gasteiger partial charge in [0.05, 0.1) is 16.6 Å². The highest BCUT2D eigenvalue weighted by Gasteiger charge is 2.34. The molecule has 5 rings (SSSR count). The summed E-state index contributed by atoms with van der Waals surface area (Å²) in [4.78, 5) is 25.7. The minimum Gasteiger partial charge on any atom is -0.344 e. The maximum absolute atomic E-state index is 12.9. The molecule has 0 spiro atoms. The number of imide groups is 1. The predicted molar refractivity (Wildman–Crippen MR) is 130 cm³/mol. The molecule has 2 amide bonds. The lowest BCUT2D eigenvalue weighted by Gasteiger charge is -2.10. The zero-order valence-electron chi connectivity index (χ0n) is 17.8. The van der Waals surface area contributed by atoms with E-state index in [1.807, 2.05) is 50.5 Å². The average Bonchev–Trinajstić information content (AvgIpc) is 3.24. The van der Waals surface area contributed by atoms with E-state index < -0.39 is 0 Å². The average molecular weight is 444 g/mol. The second-order valence-electron chi connectivity index (χ2n) is 7.96. The van der Waals surface area contributed by atoms with Gasteiger partial charge < -0.3 is 9.88 Å². The molecule has 0 fully saturated rings. The van der Waals surface area contributed by atoms with Gasteiger partial charge >= 0.3 is 0 Å². The second kappa shape index (κ2) is 7.93. The number of amides is 2. The largest absolute Gasteiger partial charge is 0.344 e. The van der Waals surface area contributed by atoms with Gasteiger partial charge in [0.25, 0.3) is 11.8 Å². The molecule has 6 heteroatoms. The third kappa shape index (κ3) is 3.13. The molecule has 0 bridgehead atoms. The van der Waals surface area contributed by atoms with Crippen molar-refractivity contribution in [2.75, 3.05) is 13.6 Å². The van der Waals surface area contributed by atoms with Gasteiger partial charge in [0.1, 0.15) is 0 Å². The fourth-order valence-corrected chi connectivity index (χ4v) is 4.74. The van der Waals surface area contributed by atoms with Crippen molar-refractivity contribution in [2.24, 2.45) is 7.05 Å². The summed E-state index contributed by atoms with van der Waals surface area (Å²) in [6.07, 6.45) is 5.19. The van der Waals surface area contributed by atoms with Gasteiger partial charge in [-0.1, -0.05) is 54.1 Å². The maximum Gasteiger partial charge on any atom is 0.259 e. The number of carbonyl (C=O) groups excluding carboxylic acids is 2. The zero-order valence-corrected chi connectivity index (χ0v) is 18.6. The van der Waals surface area contributed by atoms with Crippen LogP contribution < -0.4 is 10.6 Å². The van der Waals surface area contributed by atoms with Gasteiger partial charge in [-0.3, -0.25) is 14.9 Å². The monoisotopic (exact) mass is 443 g/mol. The Hall–Kier alpha value is -3.41. The summed E-state index contributed by atoms with van der Waals surface area (Å²) >= 11 is 6.47. The number of nitrogens with one attached hydrogen (secondary N) is 2. The van der Waals surface area contributed by atoms with Crippen LogP contribution >= 0.6 is 11.6 Å². The van der Waals surface area contributed by atoms with E-state index in [-0.39, 0.29) is 11.8 Å². The Bertz CT molecular complexity index is 1450. The summed E-state index contributed by atoms with van der Waals surface area (Å²) in [5.41, 5.74) is 5.18. The number of hydrogen-bond acceptors (Lipinski definition) is 3. The van der Waals surface area contributed by atoms with Gasteiger partial charge in [0.15, 0.2) is 0 Å². The van der Waals surface area contributed by atoms with Crippen molar-refractivity contribution in [3.05, 3.63) is 76.3 Å². The first-order valence-electron chi connectivity index (χ1n) is 10.5. The number of benzene rings is 3. The molecule has 0 radical (unpaired) electrons. The van der Waals surface area contributed by atoms with Crippen LogP contribution in [0.25, 0.3) is 39.0 Å². The molecule has 0 unspecified atom stereocenters. The Labute approximate surface area is 190 Å². The molecule has 160 valence electrons. The number of halogens is 1. The van der Waals surface area contributed by atoms with Gasteiger partial charge in [-0.15, -0.1) is 0 Å². The highest BCUT2D eigenvalue weighted by atomic mass is 35.5. The summed E-state index contributed by atoms with van der Waals surface area (Å²) in [5.74, 6) is -0.754. The highest BCUT2D eigenvalue weighted by molar-refractivity contribution is 6.36. The van der Waals surface area contributed by atoms with Crippen molar-refractivity contribution in [1.29, 1.82) is 0 Å². The number of aromatic nitrogens is 1. The molecule has 0 aliphatic carbocycles. The normalized spacial score (nSPS) is 13.5. The van der Waals surface area contributed by atoms with E-state index in [1.165, 1.54) is 0 Å². The number of fused-ring (bicyclic) bond motifs is 5.